The first-order chi connectivity index (χ1) is 19.7. The van der Waals surface area contributed by atoms with Crippen LogP contribution in [0.2, 0.25) is 0 Å². The molecular weight excluding hydrogens is 652 g/mol. The van der Waals surface area contributed by atoms with Gasteiger partial charge >= 0.3 is 0 Å². The molecule has 0 bridgehead atoms. The van der Waals surface area contributed by atoms with Gasteiger partial charge < -0.3 is 52.4 Å². The third-order valence-corrected chi connectivity index (χ3v) is 8.79. The number of rotatable bonds is 9. The predicted octanol–water partition coefficient (Wildman–Crippen LogP) is 0.226. The van der Waals surface area contributed by atoms with Gasteiger partial charge in [-0.1, -0.05) is 121 Å². The van der Waals surface area contributed by atoms with Crippen molar-refractivity contribution in [2.45, 2.75) is 38.4 Å². The van der Waals surface area contributed by atoms with E-state index in [1.54, 1.807) is 0 Å². The fourth-order valence-corrected chi connectivity index (χ4v) is 6.87. The molecule has 4 aromatic carbocycles. The molecule has 0 N–H and O–H groups in total. The monoisotopic (exact) mass is 692 g/mol. The van der Waals surface area contributed by atoms with Crippen LogP contribution in [-0.4, -0.2) is 60.6 Å². The van der Waals surface area contributed by atoms with Gasteiger partial charge in [0.2, 0.25) is 0 Å². The Bertz CT molecular complexity index is 1140. The highest BCUT2D eigenvalue weighted by atomic mass is 79.9. The van der Waals surface area contributed by atoms with Crippen molar-refractivity contribution < 1.29 is 52.4 Å². The average Bonchev–Trinajstić information content (AvgIpc) is 2.99. The van der Waals surface area contributed by atoms with Crippen molar-refractivity contribution in [1.82, 2.24) is 0 Å². The van der Waals surface area contributed by atoms with Gasteiger partial charge in [-0.25, -0.2) is 0 Å². The highest BCUT2D eigenvalue weighted by molar-refractivity contribution is 5.17. The van der Waals surface area contributed by atoms with Gasteiger partial charge in [-0.3, -0.25) is 0 Å². The molecule has 222 valence electrons. The number of nitrogens with zero attached hydrogens (tertiary/aromatic N) is 2. The summed E-state index contributed by atoms with van der Waals surface area (Å²) in [5.74, 6) is 0. The number of benzene rings is 4. The molecule has 2 saturated heterocycles. The Hall–Kier alpha value is -2.32. The van der Waals surface area contributed by atoms with Crippen molar-refractivity contribution in [2.24, 2.45) is 0 Å². The number of ether oxygens (including phenoxy) is 2. The summed E-state index contributed by atoms with van der Waals surface area (Å²) in [4.78, 5) is 0. The minimum absolute atomic E-state index is 0. The molecule has 42 heavy (non-hydrogen) atoms. The largest absolute Gasteiger partial charge is 1.00 e. The van der Waals surface area contributed by atoms with Gasteiger partial charge in [0.15, 0.2) is 0 Å². The maximum atomic E-state index is 6.59. The van der Waals surface area contributed by atoms with E-state index >= 15 is 0 Å². The first kappa shape index (κ1) is 32.6. The molecule has 0 aromatic heterocycles. The lowest BCUT2D eigenvalue weighted by Crippen LogP contribution is -3.00. The second kappa shape index (κ2) is 15.4. The van der Waals surface area contributed by atoms with Gasteiger partial charge in [-0.05, 0) is 0 Å². The Balaban J connectivity index is 0.00000202. The van der Waals surface area contributed by atoms with E-state index in [1.165, 1.54) is 22.3 Å². The molecule has 2 aliphatic rings. The zero-order valence-electron chi connectivity index (χ0n) is 24.2. The summed E-state index contributed by atoms with van der Waals surface area (Å²) in [7, 11) is 0. The molecule has 0 radical (unpaired) electrons. The topological polar surface area (TPSA) is 18.5 Å². The Labute approximate surface area is 272 Å². The average molecular weight is 695 g/mol. The second-order valence-corrected chi connectivity index (χ2v) is 11.9. The van der Waals surface area contributed by atoms with E-state index in [-0.39, 0.29) is 46.2 Å². The van der Waals surface area contributed by atoms with Gasteiger partial charge in [-0.2, -0.15) is 0 Å². The molecule has 2 aliphatic heterocycles. The van der Waals surface area contributed by atoms with Gasteiger partial charge in [-0.15, -0.1) is 0 Å². The molecule has 0 unspecified atom stereocenters. The van der Waals surface area contributed by atoms with Crippen LogP contribution >= 0.6 is 0 Å². The van der Waals surface area contributed by atoms with Crippen molar-refractivity contribution in [3.8, 4) is 0 Å². The van der Waals surface area contributed by atoms with Crippen LogP contribution in [0.15, 0.2) is 121 Å². The van der Waals surface area contributed by atoms with E-state index in [9.17, 15) is 0 Å². The van der Waals surface area contributed by atoms with Gasteiger partial charge in [0.05, 0.1) is 13.2 Å². The Morgan fingerprint density at radius 3 is 0.952 bits per heavy atom. The molecule has 4 aromatic rings. The zero-order valence-corrected chi connectivity index (χ0v) is 27.4. The number of morpholine rings is 2. The third-order valence-electron chi connectivity index (χ3n) is 8.79. The van der Waals surface area contributed by atoms with Crippen LogP contribution in [0, 0.1) is 0 Å². The molecule has 6 rings (SSSR count). The fourth-order valence-electron chi connectivity index (χ4n) is 6.87. The molecule has 0 spiro atoms. The Morgan fingerprint density at radius 2 is 0.690 bits per heavy atom. The van der Waals surface area contributed by atoms with Crippen LogP contribution in [0.4, 0.5) is 0 Å². The van der Waals surface area contributed by atoms with Crippen LogP contribution in [0.1, 0.15) is 22.3 Å². The van der Waals surface area contributed by atoms with Crippen LogP contribution in [0.3, 0.4) is 0 Å². The molecule has 0 aliphatic carbocycles. The lowest BCUT2D eigenvalue weighted by molar-refractivity contribution is -0.973. The number of quaternary nitrogens is 2. The highest BCUT2D eigenvalue weighted by Crippen LogP contribution is 2.31. The summed E-state index contributed by atoms with van der Waals surface area (Å²) >= 11 is 0. The summed E-state index contributed by atoms with van der Waals surface area (Å²) in [5.41, 5.74) is 5.56. The summed E-state index contributed by atoms with van der Waals surface area (Å²) in [6.45, 7) is 9.53. The number of halogens is 2. The van der Waals surface area contributed by atoms with Crippen LogP contribution in [-0.2, 0) is 35.7 Å². The van der Waals surface area contributed by atoms with Crippen molar-refractivity contribution in [1.29, 1.82) is 0 Å². The van der Waals surface area contributed by atoms with Gasteiger partial charge in [0.1, 0.15) is 64.6 Å². The second-order valence-electron chi connectivity index (χ2n) is 11.9. The van der Waals surface area contributed by atoms with Crippen LogP contribution in [0.25, 0.3) is 0 Å². The van der Waals surface area contributed by atoms with Crippen LogP contribution < -0.4 is 34.0 Å². The van der Waals surface area contributed by atoms with E-state index in [0.717, 1.165) is 74.5 Å². The summed E-state index contributed by atoms with van der Waals surface area (Å²) < 4.78 is 15.2. The first-order valence-electron chi connectivity index (χ1n) is 14.8. The normalized spacial score (nSPS) is 21.0. The standard InChI is InChI=1S/C36H42N2O2.2BrH/c1-5-13-31(14-6-1)25-37(26-32-15-7-2-8-16-32)21-23-39-35(29-37)36-30-38(22-24-40-36,27-33-17-9-3-10-18-33)28-34-19-11-4-12-20-34;;/h1-20,35-36H,21-30H2;2*1H/q+2;;/p-2/t35-,36-;;/m0../s1. The van der Waals surface area contributed by atoms with Gasteiger partial charge in [0.25, 0.3) is 0 Å². The van der Waals surface area contributed by atoms with Crippen LogP contribution in [0.5, 0.6) is 0 Å². The van der Waals surface area contributed by atoms with Gasteiger partial charge in [0, 0.05) is 22.3 Å². The smallest absolute Gasteiger partial charge is 0.138 e. The molecule has 2 fully saturated rings. The van der Waals surface area contributed by atoms with E-state index in [4.69, 9.17) is 9.47 Å². The van der Waals surface area contributed by atoms with Crippen molar-refractivity contribution in [2.75, 3.05) is 39.4 Å². The Morgan fingerprint density at radius 1 is 0.429 bits per heavy atom. The summed E-state index contributed by atoms with van der Waals surface area (Å²) in [6, 6.07) is 43.9. The van der Waals surface area contributed by atoms with E-state index in [2.05, 4.69) is 121 Å². The molecule has 2 heterocycles. The minimum Gasteiger partial charge on any atom is -1.00 e. The highest BCUT2D eigenvalue weighted by Gasteiger charge is 2.45. The quantitative estimate of drug-likeness (QED) is 0.234. The van der Waals surface area contributed by atoms with E-state index in [1.807, 2.05) is 0 Å². The van der Waals surface area contributed by atoms with Crippen molar-refractivity contribution >= 4 is 0 Å². The molecule has 6 heteroatoms. The molecule has 0 amide bonds. The maximum Gasteiger partial charge on any atom is 0.138 e. The molecule has 4 nitrogen and oxygen atoms in total. The lowest BCUT2D eigenvalue weighted by Gasteiger charge is -2.50. The first-order valence-corrected chi connectivity index (χ1v) is 14.8. The van der Waals surface area contributed by atoms with Crippen molar-refractivity contribution in [3.63, 3.8) is 0 Å². The minimum atomic E-state index is 0. The fraction of sp³-hybridized carbons (Fsp3) is 0.333. The molecule has 0 saturated carbocycles. The zero-order chi connectivity index (χ0) is 27.1. The van der Waals surface area contributed by atoms with E-state index in [0.29, 0.717) is 0 Å². The maximum absolute atomic E-state index is 6.59. The van der Waals surface area contributed by atoms with E-state index < -0.39 is 0 Å². The number of hydrogen-bond acceptors (Lipinski definition) is 2. The lowest BCUT2D eigenvalue weighted by atomic mass is 10.0. The SMILES string of the molecule is [Br-].[Br-].c1ccc(C[N+]2(Cc3ccccc3)CCO[C@H]([C@@H]3C[N+](Cc4ccccc4)(Cc4ccccc4)CCO3)C2)cc1. The third kappa shape index (κ3) is 8.40. The summed E-state index contributed by atoms with van der Waals surface area (Å²) in [6.07, 6.45) is 0.149. The molecular formula is C36H42Br2N2O2. The molecule has 2 atom stereocenters. The van der Waals surface area contributed by atoms with Crippen molar-refractivity contribution in [3.05, 3.63) is 144 Å². The Kier molecular flexibility index (Phi) is 12.0. The predicted molar refractivity (Wildman–Crippen MR) is 160 cm³/mol. The summed E-state index contributed by atoms with van der Waals surface area (Å²) in [5, 5.41) is 0. The number of hydrogen-bond donors (Lipinski definition) is 0.